The molecule has 3 saturated carbocycles. The van der Waals surface area contributed by atoms with E-state index in [-0.39, 0.29) is 16.7 Å². The Hall–Kier alpha value is -3.44. The van der Waals surface area contributed by atoms with Crippen LogP contribution in [0.4, 0.5) is 17.3 Å². The summed E-state index contributed by atoms with van der Waals surface area (Å²) in [5.41, 5.74) is 3.01. The van der Waals surface area contributed by atoms with Gasteiger partial charge in [0.05, 0.1) is 5.54 Å². The van der Waals surface area contributed by atoms with E-state index in [9.17, 15) is 10.1 Å². The number of benzene rings is 1. The molecule has 1 spiro atoms. The van der Waals surface area contributed by atoms with Crippen LogP contribution in [-0.2, 0) is 5.54 Å². The summed E-state index contributed by atoms with van der Waals surface area (Å²) in [7, 11) is 0. The molecule has 1 N–H and O–H groups in total. The molecule has 8 rings (SSSR count). The minimum atomic E-state index is -0.234. The first-order valence-corrected chi connectivity index (χ1v) is 12.6. The molecule has 2 aromatic heterocycles. The molecule has 3 aliphatic carbocycles. The van der Waals surface area contributed by atoms with Crippen molar-refractivity contribution in [3.8, 4) is 6.07 Å². The van der Waals surface area contributed by atoms with Gasteiger partial charge in [0.1, 0.15) is 17.3 Å². The Balaban J connectivity index is 1.10. The number of nitrogens with one attached hydrogen (secondary N) is 1. The lowest BCUT2D eigenvalue weighted by Gasteiger charge is -2.62. The van der Waals surface area contributed by atoms with Gasteiger partial charge in [0.2, 0.25) is 5.95 Å². The molecule has 3 aromatic rings. The molecule has 2 saturated heterocycles. The van der Waals surface area contributed by atoms with Crippen LogP contribution in [0, 0.1) is 22.7 Å². The van der Waals surface area contributed by atoms with Crippen LogP contribution < -0.4 is 15.8 Å². The smallest absolute Gasteiger partial charge is 0.270 e. The van der Waals surface area contributed by atoms with E-state index in [4.69, 9.17) is 4.98 Å². The van der Waals surface area contributed by atoms with Gasteiger partial charge >= 0.3 is 0 Å². The maximum absolute atomic E-state index is 13.1. The molecule has 8 nitrogen and oxygen atoms in total. The Morgan fingerprint density at radius 2 is 1.83 bits per heavy atom. The van der Waals surface area contributed by atoms with Crippen molar-refractivity contribution in [2.75, 3.05) is 36.4 Å². The number of anilines is 3. The Kier molecular flexibility index (Phi) is 4.21. The molecule has 2 bridgehead atoms. The van der Waals surface area contributed by atoms with Crippen molar-refractivity contribution in [1.29, 1.82) is 5.26 Å². The van der Waals surface area contributed by atoms with E-state index in [2.05, 4.69) is 64.3 Å². The van der Waals surface area contributed by atoms with Gasteiger partial charge in [-0.2, -0.15) is 10.2 Å². The number of likely N-dealkylation sites (tertiary alicyclic amines) is 1. The van der Waals surface area contributed by atoms with Crippen LogP contribution in [0.3, 0.4) is 0 Å². The minimum absolute atomic E-state index is 0.161. The van der Waals surface area contributed by atoms with Gasteiger partial charge in [-0.05, 0) is 69.4 Å². The van der Waals surface area contributed by atoms with Crippen molar-refractivity contribution in [2.24, 2.45) is 11.3 Å². The first-order valence-electron chi connectivity index (χ1n) is 12.6. The molecule has 5 fully saturated rings. The molecule has 5 aliphatic rings. The second-order valence-electron chi connectivity index (χ2n) is 11.5. The summed E-state index contributed by atoms with van der Waals surface area (Å²) in [4.78, 5) is 27.3. The van der Waals surface area contributed by atoms with Gasteiger partial charge < -0.3 is 10.2 Å². The van der Waals surface area contributed by atoms with Gasteiger partial charge in [0, 0.05) is 60.6 Å². The largest absolute Gasteiger partial charge is 0.370 e. The topological polar surface area (TPSA) is 90.1 Å². The second kappa shape index (κ2) is 7.05. The first-order chi connectivity index (χ1) is 16.9. The number of pyridine rings is 1. The van der Waals surface area contributed by atoms with Crippen molar-refractivity contribution >= 4 is 28.4 Å². The lowest BCUT2D eigenvalue weighted by molar-refractivity contribution is -0.0884. The Morgan fingerprint density at radius 1 is 1.11 bits per heavy atom. The molecule has 1 aromatic carbocycles. The second-order valence-corrected chi connectivity index (χ2v) is 11.5. The third-order valence-electron chi connectivity index (χ3n) is 8.69. The summed E-state index contributed by atoms with van der Waals surface area (Å²) in [6.45, 7) is 9.22. The summed E-state index contributed by atoms with van der Waals surface area (Å²) in [5.74, 6) is 1.17. The zero-order chi connectivity index (χ0) is 23.9. The van der Waals surface area contributed by atoms with Crippen LogP contribution in [0.1, 0.15) is 38.7 Å². The summed E-state index contributed by atoms with van der Waals surface area (Å²) in [6, 6.07) is 12.7. The van der Waals surface area contributed by atoms with Crippen molar-refractivity contribution in [3.05, 3.63) is 52.4 Å². The average molecular weight is 468 g/mol. The molecular formula is C27H29N7O. The van der Waals surface area contributed by atoms with E-state index >= 15 is 0 Å². The number of nitriles is 1. The van der Waals surface area contributed by atoms with Crippen molar-refractivity contribution in [1.82, 2.24) is 19.4 Å². The zero-order valence-corrected chi connectivity index (χ0v) is 20.2. The molecule has 0 atom stereocenters. The maximum Gasteiger partial charge on any atom is 0.270 e. The zero-order valence-electron chi connectivity index (χ0n) is 20.2. The van der Waals surface area contributed by atoms with E-state index in [1.165, 1.54) is 18.8 Å². The van der Waals surface area contributed by atoms with Gasteiger partial charge in [0.15, 0.2) is 0 Å². The highest BCUT2D eigenvalue weighted by atomic mass is 16.1. The molecular weight excluding hydrogens is 438 g/mol. The van der Waals surface area contributed by atoms with E-state index in [0.717, 1.165) is 43.4 Å². The van der Waals surface area contributed by atoms with Crippen LogP contribution in [0.5, 0.6) is 0 Å². The number of nitrogens with zero attached hydrogens (tertiary/aromatic N) is 6. The minimum Gasteiger partial charge on any atom is -0.370 e. The van der Waals surface area contributed by atoms with Crippen LogP contribution in [0.2, 0.25) is 0 Å². The highest BCUT2D eigenvalue weighted by Gasteiger charge is 2.59. The summed E-state index contributed by atoms with van der Waals surface area (Å²) in [5, 5.41) is 13.5. The fourth-order valence-corrected chi connectivity index (χ4v) is 6.60. The molecule has 0 unspecified atom stereocenters. The molecule has 2 aliphatic heterocycles. The van der Waals surface area contributed by atoms with Gasteiger partial charge in [-0.3, -0.25) is 14.3 Å². The molecule has 35 heavy (non-hydrogen) atoms. The monoisotopic (exact) mass is 467 g/mol. The van der Waals surface area contributed by atoms with Crippen LogP contribution >= 0.6 is 0 Å². The van der Waals surface area contributed by atoms with Crippen LogP contribution in [0.15, 0.2) is 41.3 Å². The number of hydrogen-bond donors (Lipinski definition) is 1. The summed E-state index contributed by atoms with van der Waals surface area (Å²) in [6.07, 6.45) is 4.70. The fraction of sp³-hybridized carbons (Fsp3) is 0.481. The Morgan fingerprint density at radius 3 is 2.43 bits per heavy atom. The molecule has 8 heteroatoms. The third kappa shape index (κ3) is 3.04. The highest BCUT2D eigenvalue weighted by Crippen LogP contribution is 2.62. The molecule has 0 amide bonds. The third-order valence-corrected chi connectivity index (χ3v) is 8.69. The standard InChI is InChI=1S/C27H29N7O/c1-17(2)32-13-26(14-32)15-33(16-26)22-5-3-21(4-6-22)30-25-29-12-20-7-19(11-28)24(35)34(23(20)31-25)27-8-18(9-27)10-27/h3-7,12,17-18H,8-10,13-16H2,1-2H3,(H,29,30,31). The Bertz CT molecular complexity index is 1420. The van der Waals surface area contributed by atoms with Gasteiger partial charge in [0.25, 0.3) is 5.56 Å². The molecule has 4 heterocycles. The van der Waals surface area contributed by atoms with E-state index in [0.29, 0.717) is 29.0 Å². The first kappa shape index (κ1) is 20.9. The normalized spacial score (nSPS) is 26.0. The number of fused-ring (bicyclic) bond motifs is 1. The number of hydrogen-bond acceptors (Lipinski definition) is 7. The predicted octanol–water partition coefficient (Wildman–Crippen LogP) is 3.45. The lowest BCUT2D eigenvalue weighted by atomic mass is 9.49. The van der Waals surface area contributed by atoms with Gasteiger partial charge in [-0.25, -0.2) is 4.98 Å². The van der Waals surface area contributed by atoms with Crippen LogP contribution in [-0.4, -0.2) is 51.7 Å². The fourth-order valence-electron chi connectivity index (χ4n) is 6.60. The number of rotatable bonds is 5. The van der Waals surface area contributed by atoms with Crippen molar-refractivity contribution in [3.63, 3.8) is 0 Å². The van der Waals surface area contributed by atoms with Crippen molar-refractivity contribution < 1.29 is 0 Å². The molecule has 0 radical (unpaired) electrons. The lowest BCUT2D eigenvalue weighted by Crippen LogP contribution is -2.73. The Labute approximate surface area is 204 Å². The number of aromatic nitrogens is 3. The van der Waals surface area contributed by atoms with Crippen LogP contribution in [0.25, 0.3) is 11.0 Å². The van der Waals surface area contributed by atoms with Gasteiger partial charge in [-0.1, -0.05) is 0 Å². The maximum atomic E-state index is 13.1. The molecule has 178 valence electrons. The predicted molar refractivity (Wildman–Crippen MR) is 135 cm³/mol. The SMILES string of the molecule is CC(C)N1CC2(CN(c3ccc(Nc4ncc5cc(C#N)c(=O)n(C67CC(C6)C7)c5n4)cc3)C2)C1. The van der Waals surface area contributed by atoms with E-state index in [1.807, 2.05) is 0 Å². The highest BCUT2D eigenvalue weighted by molar-refractivity contribution is 5.78. The van der Waals surface area contributed by atoms with E-state index in [1.54, 1.807) is 16.8 Å². The van der Waals surface area contributed by atoms with Gasteiger partial charge in [-0.15, -0.1) is 0 Å². The summed E-state index contributed by atoms with van der Waals surface area (Å²) < 4.78 is 1.78. The average Bonchev–Trinajstić information content (AvgIpc) is 2.72. The van der Waals surface area contributed by atoms with Crippen molar-refractivity contribution in [2.45, 2.75) is 44.7 Å². The van der Waals surface area contributed by atoms with E-state index < -0.39 is 0 Å². The quantitative estimate of drug-likeness (QED) is 0.615. The summed E-state index contributed by atoms with van der Waals surface area (Å²) >= 11 is 0.